The van der Waals surface area contributed by atoms with Crippen LogP contribution in [-0.2, 0) is 4.74 Å². The van der Waals surface area contributed by atoms with Crippen molar-refractivity contribution in [1.82, 2.24) is 4.90 Å². The van der Waals surface area contributed by atoms with Gasteiger partial charge in [-0.3, -0.25) is 14.9 Å². The number of hydrogen-bond donors (Lipinski definition) is 0. The number of nitro benzene ring substituents is 1. The maximum Gasteiger partial charge on any atom is 0.304 e. The van der Waals surface area contributed by atoms with Gasteiger partial charge < -0.3 is 9.64 Å². The topological polar surface area (TPSA) is 72.7 Å². The lowest BCUT2D eigenvalue weighted by molar-refractivity contribution is -0.387. The summed E-state index contributed by atoms with van der Waals surface area (Å²) in [5.41, 5.74) is -0.488. The lowest BCUT2D eigenvalue weighted by atomic mass is 10.1. The van der Waals surface area contributed by atoms with E-state index >= 15 is 0 Å². The molecular formula is C13H13FN2O4. The molecule has 1 aromatic carbocycles. The number of benzene rings is 1. The van der Waals surface area contributed by atoms with E-state index in [-0.39, 0.29) is 23.7 Å². The number of hydrogen-bond acceptors (Lipinski definition) is 4. The van der Waals surface area contributed by atoms with E-state index in [0.717, 1.165) is 25.0 Å². The van der Waals surface area contributed by atoms with Crippen molar-refractivity contribution in [3.8, 4) is 0 Å². The minimum atomic E-state index is -0.989. The first-order valence-electron chi connectivity index (χ1n) is 6.43. The maximum atomic E-state index is 13.6. The van der Waals surface area contributed by atoms with Gasteiger partial charge in [-0.2, -0.15) is 4.39 Å². The lowest BCUT2D eigenvalue weighted by Crippen LogP contribution is -2.45. The van der Waals surface area contributed by atoms with E-state index in [1.807, 2.05) is 0 Å². The average molecular weight is 280 g/mol. The van der Waals surface area contributed by atoms with Crippen LogP contribution in [0.5, 0.6) is 0 Å². The van der Waals surface area contributed by atoms with Crippen LogP contribution in [0.3, 0.4) is 0 Å². The number of amides is 1. The highest BCUT2D eigenvalue weighted by molar-refractivity contribution is 5.94. The second-order valence-corrected chi connectivity index (χ2v) is 5.09. The molecule has 6 nitrogen and oxygen atoms in total. The molecule has 2 aliphatic rings. The van der Waals surface area contributed by atoms with Gasteiger partial charge in [0.05, 0.1) is 17.1 Å². The first-order chi connectivity index (χ1) is 9.54. The number of carbonyl (C=O) groups is 1. The molecule has 3 rings (SSSR count). The van der Waals surface area contributed by atoms with Gasteiger partial charge >= 0.3 is 5.69 Å². The SMILES string of the molecule is O=C(c1ccc([N+](=O)[O-])c(F)c1)N1CC2CCC(C1)O2. The standard InChI is InChI=1S/C13H13FN2O4/c14-11-5-8(1-4-12(11)16(18)19)13(17)15-6-9-2-3-10(7-15)20-9/h1,4-5,9-10H,2-3,6-7H2. The zero-order chi connectivity index (χ0) is 14.3. The Kier molecular flexibility index (Phi) is 3.13. The van der Waals surface area contributed by atoms with Crippen molar-refractivity contribution in [1.29, 1.82) is 0 Å². The number of likely N-dealkylation sites (tertiary alicyclic amines) is 1. The van der Waals surface area contributed by atoms with Crippen LogP contribution >= 0.6 is 0 Å². The van der Waals surface area contributed by atoms with Crippen molar-refractivity contribution in [2.24, 2.45) is 0 Å². The Labute approximate surface area is 114 Å². The van der Waals surface area contributed by atoms with E-state index in [9.17, 15) is 19.3 Å². The summed E-state index contributed by atoms with van der Waals surface area (Å²) in [5, 5.41) is 10.6. The van der Waals surface area contributed by atoms with Crippen LogP contribution in [0.2, 0.25) is 0 Å². The number of morpholine rings is 1. The molecule has 2 bridgehead atoms. The molecule has 0 N–H and O–H groups in total. The molecule has 7 heteroatoms. The highest BCUT2D eigenvalue weighted by Crippen LogP contribution is 2.27. The molecule has 2 heterocycles. The minimum absolute atomic E-state index is 0.0561. The van der Waals surface area contributed by atoms with E-state index in [4.69, 9.17) is 4.74 Å². The van der Waals surface area contributed by atoms with E-state index in [2.05, 4.69) is 0 Å². The fourth-order valence-electron chi connectivity index (χ4n) is 2.75. The Balaban J connectivity index is 1.80. The third-order valence-electron chi connectivity index (χ3n) is 3.72. The molecule has 0 aromatic heterocycles. The molecule has 0 radical (unpaired) electrons. The number of nitro groups is 1. The van der Waals surface area contributed by atoms with Crippen molar-refractivity contribution in [3.05, 3.63) is 39.7 Å². The van der Waals surface area contributed by atoms with Gasteiger partial charge in [0.2, 0.25) is 5.82 Å². The van der Waals surface area contributed by atoms with Gasteiger partial charge in [0.25, 0.3) is 5.91 Å². The fraction of sp³-hybridized carbons (Fsp3) is 0.462. The summed E-state index contributed by atoms with van der Waals surface area (Å²) in [5.74, 6) is -1.30. The van der Waals surface area contributed by atoms with Gasteiger partial charge in [-0.15, -0.1) is 0 Å². The second-order valence-electron chi connectivity index (χ2n) is 5.09. The molecule has 2 unspecified atom stereocenters. The van der Waals surface area contributed by atoms with Crippen LogP contribution in [0.25, 0.3) is 0 Å². The van der Waals surface area contributed by atoms with E-state index < -0.39 is 16.4 Å². The molecule has 1 amide bonds. The predicted molar refractivity (Wildman–Crippen MR) is 66.9 cm³/mol. The van der Waals surface area contributed by atoms with Crippen LogP contribution in [0.1, 0.15) is 23.2 Å². The van der Waals surface area contributed by atoms with Crippen molar-refractivity contribution in [2.45, 2.75) is 25.0 Å². The van der Waals surface area contributed by atoms with Crippen LogP contribution in [-0.4, -0.2) is 41.0 Å². The maximum absolute atomic E-state index is 13.6. The largest absolute Gasteiger partial charge is 0.371 e. The minimum Gasteiger partial charge on any atom is -0.371 e. The highest BCUT2D eigenvalue weighted by atomic mass is 19.1. The zero-order valence-electron chi connectivity index (χ0n) is 10.6. The van der Waals surface area contributed by atoms with Gasteiger partial charge in [0.15, 0.2) is 0 Å². The molecule has 0 spiro atoms. The van der Waals surface area contributed by atoms with Gasteiger partial charge in [0.1, 0.15) is 0 Å². The summed E-state index contributed by atoms with van der Waals surface area (Å²) in [6, 6.07) is 3.25. The van der Waals surface area contributed by atoms with Crippen molar-refractivity contribution in [2.75, 3.05) is 13.1 Å². The molecule has 1 aromatic rings. The second kappa shape index (κ2) is 4.82. The smallest absolute Gasteiger partial charge is 0.304 e. The number of nitrogens with zero attached hydrogens (tertiary/aromatic N) is 2. The fourth-order valence-corrected chi connectivity index (χ4v) is 2.75. The zero-order valence-corrected chi connectivity index (χ0v) is 10.6. The summed E-state index contributed by atoms with van der Waals surface area (Å²) in [6.45, 7) is 0.988. The van der Waals surface area contributed by atoms with Crippen LogP contribution < -0.4 is 0 Å². The van der Waals surface area contributed by atoms with Crippen LogP contribution in [0, 0.1) is 15.9 Å². The summed E-state index contributed by atoms with van der Waals surface area (Å²) in [7, 11) is 0. The van der Waals surface area contributed by atoms with E-state index in [0.29, 0.717) is 13.1 Å². The van der Waals surface area contributed by atoms with Crippen molar-refractivity contribution >= 4 is 11.6 Å². The Bertz CT molecular complexity index is 565. The molecule has 2 aliphatic heterocycles. The lowest BCUT2D eigenvalue weighted by Gasteiger charge is -2.32. The Morgan fingerprint density at radius 1 is 1.35 bits per heavy atom. The molecule has 2 fully saturated rings. The normalized spacial score (nSPS) is 24.8. The average Bonchev–Trinajstić information content (AvgIpc) is 2.76. The molecule has 2 atom stereocenters. The summed E-state index contributed by atoms with van der Waals surface area (Å²) in [4.78, 5) is 23.7. The molecule has 0 aliphatic carbocycles. The van der Waals surface area contributed by atoms with Gasteiger partial charge in [-0.05, 0) is 25.0 Å². The third-order valence-corrected chi connectivity index (χ3v) is 3.72. The third kappa shape index (κ3) is 2.24. The van der Waals surface area contributed by atoms with Gasteiger partial charge in [-0.1, -0.05) is 0 Å². The molecule has 106 valence electrons. The number of halogens is 1. The highest BCUT2D eigenvalue weighted by Gasteiger charge is 2.36. The first-order valence-corrected chi connectivity index (χ1v) is 6.43. The number of carbonyl (C=O) groups excluding carboxylic acids is 1. The Morgan fingerprint density at radius 2 is 2.00 bits per heavy atom. The summed E-state index contributed by atoms with van der Waals surface area (Å²) < 4.78 is 19.2. The Morgan fingerprint density at radius 3 is 2.55 bits per heavy atom. The van der Waals surface area contributed by atoms with E-state index in [1.54, 1.807) is 4.90 Å². The van der Waals surface area contributed by atoms with Crippen molar-refractivity contribution < 1.29 is 18.8 Å². The van der Waals surface area contributed by atoms with E-state index in [1.165, 1.54) is 6.07 Å². The molecule has 2 saturated heterocycles. The predicted octanol–water partition coefficient (Wildman–Crippen LogP) is 1.74. The van der Waals surface area contributed by atoms with Crippen LogP contribution in [0.15, 0.2) is 18.2 Å². The monoisotopic (exact) mass is 280 g/mol. The van der Waals surface area contributed by atoms with Crippen molar-refractivity contribution in [3.63, 3.8) is 0 Å². The summed E-state index contributed by atoms with van der Waals surface area (Å²) >= 11 is 0. The number of ether oxygens (including phenoxy) is 1. The molecule has 20 heavy (non-hydrogen) atoms. The number of rotatable bonds is 2. The Hall–Kier alpha value is -2.02. The van der Waals surface area contributed by atoms with Gasteiger partial charge in [0, 0.05) is 24.7 Å². The number of fused-ring (bicyclic) bond motifs is 2. The summed E-state index contributed by atoms with van der Waals surface area (Å²) in [6.07, 6.45) is 1.98. The molecular weight excluding hydrogens is 267 g/mol. The molecule has 0 saturated carbocycles. The quantitative estimate of drug-likeness (QED) is 0.611. The van der Waals surface area contributed by atoms with Gasteiger partial charge in [-0.25, -0.2) is 0 Å². The first kappa shape index (κ1) is 13.0. The van der Waals surface area contributed by atoms with Crippen LogP contribution in [0.4, 0.5) is 10.1 Å².